The fourth-order valence-corrected chi connectivity index (χ4v) is 4.63. The van der Waals surface area contributed by atoms with Crippen LogP contribution in [0.5, 0.6) is 0 Å². The van der Waals surface area contributed by atoms with E-state index in [4.69, 9.17) is 5.26 Å². The van der Waals surface area contributed by atoms with Gasteiger partial charge in [-0.25, -0.2) is 4.98 Å². The largest absolute Gasteiger partial charge is 0.366 e. The third-order valence-corrected chi connectivity index (χ3v) is 6.59. The first kappa shape index (κ1) is 21.9. The molecule has 0 saturated carbocycles. The number of rotatable bonds is 6. The molecule has 0 bridgehead atoms. The number of aromatic nitrogens is 2. The van der Waals surface area contributed by atoms with Gasteiger partial charge < -0.3 is 14.8 Å². The number of fused-ring (bicyclic) bond motifs is 1. The molecule has 5 heteroatoms. The second kappa shape index (κ2) is 9.94. The molecule has 5 rings (SSSR count). The first-order chi connectivity index (χ1) is 16.7. The summed E-state index contributed by atoms with van der Waals surface area (Å²) in [6.07, 6.45) is 4.83. The first-order valence-corrected chi connectivity index (χ1v) is 11.8. The maximum absolute atomic E-state index is 9.03. The SMILES string of the molecule is Cc1ccc(N2Cc3ccccc3C[C@H](NCc3cncn3Cc3ccc(C#N)cc3)C2)cc1. The molecule has 0 saturated heterocycles. The third-order valence-electron chi connectivity index (χ3n) is 6.59. The Balaban J connectivity index is 1.31. The zero-order chi connectivity index (χ0) is 23.3. The van der Waals surface area contributed by atoms with Crippen LogP contribution in [0.3, 0.4) is 0 Å². The van der Waals surface area contributed by atoms with Gasteiger partial charge in [0.2, 0.25) is 0 Å². The van der Waals surface area contributed by atoms with Gasteiger partial charge in [-0.05, 0) is 54.3 Å². The highest BCUT2D eigenvalue weighted by atomic mass is 15.2. The molecule has 3 aromatic carbocycles. The van der Waals surface area contributed by atoms with Crippen LogP contribution in [-0.4, -0.2) is 22.1 Å². The molecule has 1 aromatic heterocycles. The molecule has 1 aliphatic heterocycles. The quantitative estimate of drug-likeness (QED) is 0.460. The third kappa shape index (κ3) is 5.03. The molecule has 0 radical (unpaired) electrons. The summed E-state index contributed by atoms with van der Waals surface area (Å²) >= 11 is 0. The summed E-state index contributed by atoms with van der Waals surface area (Å²) < 4.78 is 2.18. The van der Waals surface area contributed by atoms with Gasteiger partial charge >= 0.3 is 0 Å². The van der Waals surface area contributed by atoms with Gasteiger partial charge in [-0.1, -0.05) is 54.1 Å². The minimum Gasteiger partial charge on any atom is -0.366 e. The van der Waals surface area contributed by atoms with E-state index < -0.39 is 0 Å². The van der Waals surface area contributed by atoms with Crippen LogP contribution in [0.4, 0.5) is 5.69 Å². The molecule has 0 unspecified atom stereocenters. The van der Waals surface area contributed by atoms with Crippen LogP contribution >= 0.6 is 0 Å². The second-order valence-corrected chi connectivity index (χ2v) is 9.09. The summed E-state index contributed by atoms with van der Waals surface area (Å²) in [5, 5.41) is 12.8. The van der Waals surface area contributed by atoms with E-state index in [2.05, 4.69) is 81.3 Å². The fraction of sp³-hybridized carbons (Fsp3) is 0.241. The lowest BCUT2D eigenvalue weighted by molar-refractivity contribution is 0.496. The number of hydrogen-bond donors (Lipinski definition) is 1. The van der Waals surface area contributed by atoms with Crippen molar-refractivity contribution in [1.82, 2.24) is 14.9 Å². The summed E-state index contributed by atoms with van der Waals surface area (Å²) in [5.41, 5.74) is 8.36. The maximum Gasteiger partial charge on any atom is 0.0991 e. The molecular formula is C29H29N5. The van der Waals surface area contributed by atoms with E-state index in [1.807, 2.05) is 36.8 Å². The Morgan fingerprint density at radius 1 is 1.00 bits per heavy atom. The van der Waals surface area contributed by atoms with Crippen LogP contribution in [-0.2, 0) is 26.1 Å². The first-order valence-electron chi connectivity index (χ1n) is 11.8. The van der Waals surface area contributed by atoms with E-state index in [1.54, 1.807) is 0 Å². The van der Waals surface area contributed by atoms with Crippen molar-refractivity contribution in [3.8, 4) is 6.07 Å². The van der Waals surface area contributed by atoms with E-state index >= 15 is 0 Å². The zero-order valence-electron chi connectivity index (χ0n) is 19.5. The molecule has 4 aromatic rings. The Bertz CT molecular complexity index is 1280. The summed E-state index contributed by atoms with van der Waals surface area (Å²) in [6, 6.07) is 27.9. The average Bonchev–Trinajstić information content (AvgIpc) is 3.21. The van der Waals surface area contributed by atoms with Gasteiger partial charge in [0.25, 0.3) is 0 Å². The number of benzene rings is 3. The lowest BCUT2D eigenvalue weighted by Gasteiger charge is -2.27. The highest BCUT2D eigenvalue weighted by Gasteiger charge is 2.22. The molecule has 0 aliphatic carbocycles. The van der Waals surface area contributed by atoms with Gasteiger partial charge in [-0.3, -0.25) is 0 Å². The van der Waals surface area contributed by atoms with Gasteiger partial charge in [0.1, 0.15) is 0 Å². The van der Waals surface area contributed by atoms with E-state index in [0.29, 0.717) is 11.6 Å². The van der Waals surface area contributed by atoms with Gasteiger partial charge in [-0.2, -0.15) is 5.26 Å². The Labute approximate surface area is 201 Å². The van der Waals surface area contributed by atoms with Crippen molar-refractivity contribution in [1.29, 1.82) is 5.26 Å². The lowest BCUT2D eigenvalue weighted by Crippen LogP contribution is -2.40. The van der Waals surface area contributed by atoms with Crippen molar-refractivity contribution >= 4 is 5.69 Å². The molecule has 0 fully saturated rings. The number of nitrogens with one attached hydrogen (secondary N) is 1. The predicted octanol–water partition coefficient (Wildman–Crippen LogP) is 4.83. The fourth-order valence-electron chi connectivity index (χ4n) is 4.63. The van der Waals surface area contributed by atoms with Crippen molar-refractivity contribution in [2.45, 2.75) is 39.0 Å². The average molecular weight is 448 g/mol. The molecule has 0 spiro atoms. The van der Waals surface area contributed by atoms with Gasteiger partial charge in [0.05, 0.1) is 23.7 Å². The molecule has 1 atom stereocenters. The highest BCUT2D eigenvalue weighted by molar-refractivity contribution is 5.50. The Morgan fingerprint density at radius 2 is 1.76 bits per heavy atom. The monoisotopic (exact) mass is 447 g/mol. The molecule has 2 heterocycles. The van der Waals surface area contributed by atoms with Crippen LogP contribution in [0.2, 0.25) is 0 Å². The van der Waals surface area contributed by atoms with Crippen LogP contribution in [0, 0.1) is 18.3 Å². The Morgan fingerprint density at radius 3 is 2.53 bits per heavy atom. The van der Waals surface area contributed by atoms with Crippen LogP contribution in [0.1, 0.15) is 33.5 Å². The number of anilines is 1. The number of aryl methyl sites for hydroxylation is 1. The standard InChI is InChI=1S/C29H29N5/c1-22-6-12-28(13-7-22)33-19-26-5-3-2-4-25(26)14-27(20-33)32-17-29-16-31-21-34(29)18-24-10-8-23(15-30)9-11-24/h2-13,16,21,27,32H,14,17-20H2,1H3/t27-/m0/s1. The summed E-state index contributed by atoms with van der Waals surface area (Å²) in [6.45, 7) is 5.50. The van der Waals surface area contributed by atoms with E-state index in [-0.39, 0.29) is 0 Å². The molecular weight excluding hydrogens is 418 g/mol. The smallest absolute Gasteiger partial charge is 0.0991 e. The zero-order valence-corrected chi connectivity index (χ0v) is 19.5. The Hall–Kier alpha value is -3.88. The Kier molecular flexibility index (Phi) is 6.42. The van der Waals surface area contributed by atoms with E-state index in [0.717, 1.165) is 43.9 Å². The minimum absolute atomic E-state index is 0.322. The summed E-state index contributed by atoms with van der Waals surface area (Å²) in [4.78, 5) is 6.88. The van der Waals surface area contributed by atoms with Crippen molar-refractivity contribution in [2.75, 3.05) is 11.4 Å². The molecule has 170 valence electrons. The van der Waals surface area contributed by atoms with Crippen molar-refractivity contribution in [3.05, 3.63) is 119 Å². The molecule has 1 N–H and O–H groups in total. The molecule has 34 heavy (non-hydrogen) atoms. The number of nitrogens with zero attached hydrogens (tertiary/aromatic N) is 4. The molecule has 1 aliphatic rings. The van der Waals surface area contributed by atoms with Gasteiger partial charge in [0.15, 0.2) is 0 Å². The van der Waals surface area contributed by atoms with Gasteiger partial charge in [0, 0.05) is 44.1 Å². The lowest BCUT2D eigenvalue weighted by atomic mass is 10.0. The highest BCUT2D eigenvalue weighted by Crippen LogP contribution is 2.24. The maximum atomic E-state index is 9.03. The topological polar surface area (TPSA) is 56.9 Å². The summed E-state index contributed by atoms with van der Waals surface area (Å²) in [5.74, 6) is 0. The minimum atomic E-state index is 0.322. The van der Waals surface area contributed by atoms with Crippen molar-refractivity contribution in [3.63, 3.8) is 0 Å². The second-order valence-electron chi connectivity index (χ2n) is 9.09. The van der Waals surface area contributed by atoms with E-state index in [9.17, 15) is 0 Å². The van der Waals surface area contributed by atoms with Crippen LogP contribution in [0.15, 0.2) is 85.3 Å². The number of hydrogen-bond acceptors (Lipinski definition) is 4. The van der Waals surface area contributed by atoms with Crippen molar-refractivity contribution < 1.29 is 0 Å². The summed E-state index contributed by atoms with van der Waals surface area (Å²) in [7, 11) is 0. The predicted molar refractivity (Wildman–Crippen MR) is 135 cm³/mol. The number of nitriles is 1. The van der Waals surface area contributed by atoms with Crippen LogP contribution in [0.25, 0.3) is 0 Å². The number of imidazole rings is 1. The normalized spacial score (nSPS) is 15.4. The van der Waals surface area contributed by atoms with Crippen molar-refractivity contribution in [2.24, 2.45) is 0 Å². The van der Waals surface area contributed by atoms with Crippen LogP contribution < -0.4 is 10.2 Å². The van der Waals surface area contributed by atoms with Gasteiger partial charge in [-0.15, -0.1) is 0 Å². The van der Waals surface area contributed by atoms with E-state index in [1.165, 1.54) is 22.4 Å². The molecule has 5 nitrogen and oxygen atoms in total. The molecule has 0 amide bonds.